The van der Waals surface area contributed by atoms with Crippen molar-refractivity contribution in [2.75, 3.05) is 13.1 Å². The van der Waals surface area contributed by atoms with E-state index in [1.165, 1.54) is 19.4 Å². The van der Waals surface area contributed by atoms with Gasteiger partial charge in [-0.1, -0.05) is 6.92 Å². The van der Waals surface area contributed by atoms with E-state index in [0.717, 1.165) is 28.9 Å². The fraction of sp³-hybridized carbons (Fsp3) is 0.538. The molecule has 0 aliphatic carbocycles. The lowest BCUT2D eigenvalue weighted by atomic mass is 10.1. The standard InChI is InChI=1S/C13H17BrN4/c1-2-17-7-3-4-11(17)8-13-16-15-12-6-5-10(14)9-18(12)13/h5-6,9,11H,2-4,7-8H2,1H3. The van der Waals surface area contributed by atoms with Gasteiger partial charge in [-0.2, -0.15) is 0 Å². The first-order valence-corrected chi connectivity index (χ1v) is 7.30. The third-order valence-electron chi connectivity index (χ3n) is 3.76. The van der Waals surface area contributed by atoms with Crippen LogP contribution in [0, 0.1) is 0 Å². The molecule has 1 fully saturated rings. The van der Waals surface area contributed by atoms with Crippen molar-refractivity contribution in [1.82, 2.24) is 19.5 Å². The first kappa shape index (κ1) is 12.1. The van der Waals surface area contributed by atoms with Gasteiger partial charge in [0.2, 0.25) is 0 Å². The Hall–Kier alpha value is -0.940. The summed E-state index contributed by atoms with van der Waals surface area (Å²) < 4.78 is 3.16. The lowest BCUT2D eigenvalue weighted by Gasteiger charge is -2.21. The number of hydrogen-bond donors (Lipinski definition) is 0. The Labute approximate surface area is 115 Å². The maximum atomic E-state index is 4.33. The second kappa shape index (κ2) is 4.97. The third-order valence-corrected chi connectivity index (χ3v) is 4.23. The van der Waals surface area contributed by atoms with Gasteiger partial charge in [-0.3, -0.25) is 4.40 Å². The van der Waals surface area contributed by atoms with Gasteiger partial charge < -0.3 is 4.90 Å². The van der Waals surface area contributed by atoms with Crippen LogP contribution in [0.2, 0.25) is 0 Å². The van der Waals surface area contributed by atoms with Crippen molar-refractivity contribution in [1.29, 1.82) is 0 Å². The van der Waals surface area contributed by atoms with Gasteiger partial charge >= 0.3 is 0 Å². The fourth-order valence-electron chi connectivity index (χ4n) is 2.80. The Morgan fingerprint density at radius 1 is 1.39 bits per heavy atom. The van der Waals surface area contributed by atoms with Crippen molar-refractivity contribution >= 4 is 21.6 Å². The van der Waals surface area contributed by atoms with Gasteiger partial charge in [0.05, 0.1) is 0 Å². The first-order chi connectivity index (χ1) is 8.78. The van der Waals surface area contributed by atoms with E-state index >= 15 is 0 Å². The summed E-state index contributed by atoms with van der Waals surface area (Å²) in [7, 11) is 0. The molecular formula is C13H17BrN4. The summed E-state index contributed by atoms with van der Waals surface area (Å²) in [6, 6.07) is 4.62. The summed E-state index contributed by atoms with van der Waals surface area (Å²) >= 11 is 3.50. The van der Waals surface area contributed by atoms with Crippen molar-refractivity contribution in [3.63, 3.8) is 0 Å². The van der Waals surface area contributed by atoms with Crippen LogP contribution in [0.25, 0.3) is 5.65 Å². The average Bonchev–Trinajstić information content (AvgIpc) is 2.97. The Balaban J connectivity index is 1.88. The Bertz CT molecular complexity index is 551. The van der Waals surface area contributed by atoms with Crippen LogP contribution in [0.3, 0.4) is 0 Å². The van der Waals surface area contributed by atoms with E-state index in [4.69, 9.17) is 0 Å². The second-order valence-corrected chi connectivity index (χ2v) is 5.74. The van der Waals surface area contributed by atoms with E-state index < -0.39 is 0 Å². The smallest absolute Gasteiger partial charge is 0.160 e. The molecule has 0 amide bonds. The molecule has 0 saturated carbocycles. The van der Waals surface area contributed by atoms with Crippen LogP contribution in [0.5, 0.6) is 0 Å². The number of halogens is 1. The number of pyridine rings is 1. The van der Waals surface area contributed by atoms with E-state index in [1.54, 1.807) is 0 Å². The van der Waals surface area contributed by atoms with Crippen molar-refractivity contribution in [3.05, 3.63) is 28.6 Å². The van der Waals surface area contributed by atoms with Crippen molar-refractivity contribution in [3.8, 4) is 0 Å². The van der Waals surface area contributed by atoms with E-state index in [1.807, 2.05) is 12.1 Å². The van der Waals surface area contributed by atoms with Crippen LogP contribution >= 0.6 is 15.9 Å². The lowest BCUT2D eigenvalue weighted by Crippen LogP contribution is -2.31. The van der Waals surface area contributed by atoms with E-state index in [2.05, 4.69) is 48.5 Å². The molecule has 3 rings (SSSR count). The molecule has 3 heterocycles. The summed E-state index contributed by atoms with van der Waals surface area (Å²) in [5.74, 6) is 1.07. The monoisotopic (exact) mass is 308 g/mol. The molecule has 5 heteroatoms. The van der Waals surface area contributed by atoms with Crippen LogP contribution in [-0.4, -0.2) is 38.6 Å². The van der Waals surface area contributed by atoms with Crippen LogP contribution in [0.4, 0.5) is 0 Å². The van der Waals surface area contributed by atoms with Gasteiger partial charge in [-0.25, -0.2) is 0 Å². The van der Waals surface area contributed by atoms with Gasteiger partial charge in [0.1, 0.15) is 5.82 Å². The molecule has 0 N–H and O–H groups in total. The van der Waals surface area contributed by atoms with Crippen LogP contribution in [0.1, 0.15) is 25.6 Å². The number of hydrogen-bond acceptors (Lipinski definition) is 3. The summed E-state index contributed by atoms with van der Waals surface area (Å²) in [6.07, 6.45) is 5.62. The SMILES string of the molecule is CCN1CCCC1Cc1nnc2ccc(Br)cn12. The lowest BCUT2D eigenvalue weighted by molar-refractivity contribution is 0.263. The molecular weight excluding hydrogens is 292 g/mol. The average molecular weight is 309 g/mol. The Morgan fingerprint density at radius 2 is 2.28 bits per heavy atom. The van der Waals surface area contributed by atoms with E-state index in [0.29, 0.717) is 6.04 Å². The quantitative estimate of drug-likeness (QED) is 0.873. The number of likely N-dealkylation sites (N-methyl/N-ethyl adjacent to an activating group) is 1. The summed E-state index contributed by atoms with van der Waals surface area (Å²) in [5.41, 5.74) is 0.925. The highest BCUT2D eigenvalue weighted by atomic mass is 79.9. The predicted molar refractivity (Wildman–Crippen MR) is 74.7 cm³/mol. The summed E-state index contributed by atoms with van der Waals surface area (Å²) in [5, 5.41) is 8.56. The van der Waals surface area contributed by atoms with Crippen LogP contribution < -0.4 is 0 Å². The molecule has 1 saturated heterocycles. The molecule has 1 unspecified atom stereocenters. The van der Waals surface area contributed by atoms with Gasteiger partial charge in [-0.15, -0.1) is 10.2 Å². The predicted octanol–water partition coefficient (Wildman–Crippen LogP) is 2.52. The molecule has 2 aromatic rings. The molecule has 2 aromatic heterocycles. The molecule has 18 heavy (non-hydrogen) atoms. The van der Waals surface area contributed by atoms with Gasteiger partial charge in [0, 0.05) is 23.1 Å². The van der Waals surface area contributed by atoms with Gasteiger partial charge in [0.15, 0.2) is 5.65 Å². The summed E-state index contributed by atoms with van der Waals surface area (Å²) in [6.45, 7) is 4.59. The molecule has 0 spiro atoms. The molecule has 4 nitrogen and oxygen atoms in total. The maximum Gasteiger partial charge on any atom is 0.160 e. The third kappa shape index (κ3) is 2.17. The first-order valence-electron chi connectivity index (χ1n) is 6.51. The molecule has 1 aliphatic heterocycles. The van der Waals surface area contributed by atoms with E-state index in [-0.39, 0.29) is 0 Å². The largest absolute Gasteiger partial charge is 0.300 e. The van der Waals surface area contributed by atoms with Gasteiger partial charge in [0.25, 0.3) is 0 Å². The second-order valence-electron chi connectivity index (χ2n) is 4.82. The maximum absolute atomic E-state index is 4.33. The van der Waals surface area contributed by atoms with Crippen LogP contribution in [0.15, 0.2) is 22.8 Å². The highest BCUT2D eigenvalue weighted by Crippen LogP contribution is 2.21. The minimum Gasteiger partial charge on any atom is -0.300 e. The molecule has 0 bridgehead atoms. The summed E-state index contributed by atoms with van der Waals surface area (Å²) in [4.78, 5) is 2.54. The number of fused-ring (bicyclic) bond motifs is 1. The number of rotatable bonds is 3. The van der Waals surface area contributed by atoms with Crippen molar-refractivity contribution < 1.29 is 0 Å². The molecule has 1 atom stereocenters. The minimum atomic E-state index is 0.626. The van der Waals surface area contributed by atoms with E-state index in [9.17, 15) is 0 Å². The number of nitrogens with zero attached hydrogens (tertiary/aromatic N) is 4. The number of likely N-dealkylation sites (tertiary alicyclic amines) is 1. The topological polar surface area (TPSA) is 33.4 Å². The van der Waals surface area contributed by atoms with Crippen LogP contribution in [-0.2, 0) is 6.42 Å². The van der Waals surface area contributed by atoms with Crippen molar-refractivity contribution in [2.45, 2.75) is 32.2 Å². The highest BCUT2D eigenvalue weighted by Gasteiger charge is 2.24. The zero-order valence-electron chi connectivity index (χ0n) is 10.5. The Morgan fingerprint density at radius 3 is 3.11 bits per heavy atom. The zero-order chi connectivity index (χ0) is 12.5. The number of aromatic nitrogens is 3. The minimum absolute atomic E-state index is 0.626. The van der Waals surface area contributed by atoms with Gasteiger partial charge in [-0.05, 0) is 54.0 Å². The molecule has 96 valence electrons. The fourth-order valence-corrected chi connectivity index (χ4v) is 3.14. The normalized spacial score (nSPS) is 20.9. The molecule has 0 aromatic carbocycles. The molecule has 1 aliphatic rings. The van der Waals surface area contributed by atoms with Crippen molar-refractivity contribution in [2.24, 2.45) is 0 Å². The molecule has 0 radical (unpaired) electrons. The zero-order valence-corrected chi connectivity index (χ0v) is 12.1. The highest BCUT2D eigenvalue weighted by molar-refractivity contribution is 9.10. The Kier molecular flexibility index (Phi) is 3.35.